The standard InChI is InChI=1S/C25H29FO5/c1-5-16(2)25(27)31-15-21-19(12-17-6-11-22(28-3)23(13-17)29-4)14-30-24(21)18-7-9-20(26)10-8-18/h5-11,13,19,21,24H,12,14-15H2,1-4H3/t19-,21-,24+/m0/s1. The number of methoxy groups -OCH3 is 2. The predicted octanol–water partition coefficient (Wildman–Crippen LogP) is 4.90. The van der Waals surface area contributed by atoms with Crippen molar-refractivity contribution in [2.75, 3.05) is 27.4 Å². The third-order valence-corrected chi connectivity index (χ3v) is 5.79. The first-order valence-electron chi connectivity index (χ1n) is 10.3. The van der Waals surface area contributed by atoms with E-state index in [9.17, 15) is 9.18 Å². The monoisotopic (exact) mass is 428 g/mol. The van der Waals surface area contributed by atoms with Gasteiger partial charge in [-0.2, -0.15) is 0 Å². The number of benzene rings is 2. The van der Waals surface area contributed by atoms with Crippen molar-refractivity contribution in [2.45, 2.75) is 26.4 Å². The molecule has 0 aromatic heterocycles. The zero-order chi connectivity index (χ0) is 22.4. The Morgan fingerprint density at radius 2 is 1.84 bits per heavy atom. The zero-order valence-electron chi connectivity index (χ0n) is 18.4. The molecule has 5 nitrogen and oxygen atoms in total. The molecule has 3 atom stereocenters. The van der Waals surface area contributed by atoms with E-state index in [0.717, 1.165) is 17.5 Å². The van der Waals surface area contributed by atoms with Crippen LogP contribution in [0, 0.1) is 17.7 Å². The van der Waals surface area contributed by atoms with Gasteiger partial charge in [-0.05, 0) is 61.6 Å². The van der Waals surface area contributed by atoms with Gasteiger partial charge in [0.2, 0.25) is 0 Å². The van der Waals surface area contributed by atoms with Crippen LogP contribution < -0.4 is 9.47 Å². The van der Waals surface area contributed by atoms with Gasteiger partial charge in [0.25, 0.3) is 0 Å². The number of hydrogen-bond donors (Lipinski definition) is 0. The number of carbonyl (C=O) groups excluding carboxylic acids is 1. The number of ether oxygens (including phenoxy) is 4. The van der Waals surface area contributed by atoms with Gasteiger partial charge in [-0.25, -0.2) is 9.18 Å². The minimum atomic E-state index is -0.336. The Kier molecular flexibility index (Phi) is 7.69. The van der Waals surface area contributed by atoms with Crippen molar-refractivity contribution in [2.24, 2.45) is 11.8 Å². The first-order valence-corrected chi connectivity index (χ1v) is 10.3. The molecule has 31 heavy (non-hydrogen) atoms. The van der Waals surface area contributed by atoms with Gasteiger partial charge in [0.1, 0.15) is 5.82 Å². The molecule has 1 fully saturated rings. The molecule has 1 heterocycles. The summed E-state index contributed by atoms with van der Waals surface area (Å²) < 4.78 is 35.9. The lowest BCUT2D eigenvalue weighted by molar-refractivity contribution is -0.141. The molecular weight excluding hydrogens is 399 g/mol. The molecule has 1 aliphatic heterocycles. The zero-order valence-corrected chi connectivity index (χ0v) is 18.4. The molecule has 166 valence electrons. The van der Waals surface area contributed by atoms with Crippen LogP contribution in [0.25, 0.3) is 0 Å². The van der Waals surface area contributed by atoms with Gasteiger partial charge >= 0.3 is 5.97 Å². The lowest BCUT2D eigenvalue weighted by Gasteiger charge is -2.23. The smallest absolute Gasteiger partial charge is 0.333 e. The number of rotatable bonds is 8. The van der Waals surface area contributed by atoms with Crippen molar-refractivity contribution in [3.05, 3.63) is 71.1 Å². The van der Waals surface area contributed by atoms with Crippen molar-refractivity contribution in [3.63, 3.8) is 0 Å². The Morgan fingerprint density at radius 3 is 2.48 bits per heavy atom. The minimum absolute atomic E-state index is 0.0628. The van der Waals surface area contributed by atoms with Gasteiger partial charge in [0, 0.05) is 11.5 Å². The lowest BCUT2D eigenvalue weighted by Crippen LogP contribution is -2.24. The van der Waals surface area contributed by atoms with Crippen LogP contribution in [0.15, 0.2) is 54.1 Å². The molecule has 0 spiro atoms. The van der Waals surface area contributed by atoms with E-state index in [1.165, 1.54) is 12.1 Å². The maximum Gasteiger partial charge on any atom is 0.333 e. The van der Waals surface area contributed by atoms with Crippen LogP contribution in [0.5, 0.6) is 11.5 Å². The van der Waals surface area contributed by atoms with Gasteiger partial charge in [-0.3, -0.25) is 0 Å². The van der Waals surface area contributed by atoms with Gasteiger partial charge in [-0.1, -0.05) is 24.3 Å². The Balaban J connectivity index is 1.81. The minimum Gasteiger partial charge on any atom is -0.493 e. The van der Waals surface area contributed by atoms with Gasteiger partial charge in [-0.15, -0.1) is 0 Å². The van der Waals surface area contributed by atoms with E-state index >= 15 is 0 Å². The largest absolute Gasteiger partial charge is 0.493 e. The fraction of sp³-hybridized carbons (Fsp3) is 0.400. The molecular formula is C25H29FO5. The summed E-state index contributed by atoms with van der Waals surface area (Å²) in [7, 11) is 3.21. The number of esters is 1. The van der Waals surface area contributed by atoms with Crippen LogP contribution in [-0.4, -0.2) is 33.4 Å². The highest BCUT2D eigenvalue weighted by Gasteiger charge is 2.39. The van der Waals surface area contributed by atoms with Crippen LogP contribution in [0.2, 0.25) is 0 Å². The van der Waals surface area contributed by atoms with E-state index in [1.54, 1.807) is 46.3 Å². The van der Waals surface area contributed by atoms with Gasteiger partial charge in [0.05, 0.1) is 33.5 Å². The summed E-state index contributed by atoms with van der Waals surface area (Å²) in [6.45, 7) is 4.27. The average Bonchev–Trinajstić information content (AvgIpc) is 3.19. The third kappa shape index (κ3) is 5.44. The second kappa shape index (κ2) is 10.4. The highest BCUT2D eigenvalue weighted by atomic mass is 19.1. The molecule has 1 aliphatic rings. The molecule has 1 saturated heterocycles. The average molecular weight is 429 g/mol. The molecule has 0 aliphatic carbocycles. The second-order valence-electron chi connectivity index (χ2n) is 7.69. The summed E-state index contributed by atoms with van der Waals surface area (Å²) in [6, 6.07) is 12.1. The highest BCUT2D eigenvalue weighted by Crippen LogP contribution is 2.41. The summed E-state index contributed by atoms with van der Waals surface area (Å²) in [5.74, 6) is 0.762. The summed E-state index contributed by atoms with van der Waals surface area (Å²) >= 11 is 0. The van der Waals surface area contributed by atoms with Gasteiger partial charge in [0.15, 0.2) is 11.5 Å². The topological polar surface area (TPSA) is 54.0 Å². The molecule has 0 unspecified atom stereocenters. The fourth-order valence-corrected chi connectivity index (χ4v) is 3.87. The Morgan fingerprint density at radius 1 is 1.13 bits per heavy atom. The summed E-state index contributed by atoms with van der Waals surface area (Å²) in [4.78, 5) is 12.2. The van der Waals surface area contributed by atoms with Crippen molar-refractivity contribution in [3.8, 4) is 11.5 Å². The first kappa shape index (κ1) is 22.8. The molecule has 0 bridgehead atoms. The molecule has 0 saturated carbocycles. The number of halogens is 1. The summed E-state index contributed by atoms with van der Waals surface area (Å²) in [5.41, 5.74) is 2.51. The fourth-order valence-electron chi connectivity index (χ4n) is 3.87. The van der Waals surface area contributed by atoms with E-state index in [2.05, 4.69) is 0 Å². The third-order valence-electron chi connectivity index (χ3n) is 5.79. The molecule has 2 aromatic carbocycles. The maximum atomic E-state index is 13.4. The van der Waals surface area contributed by atoms with Crippen molar-refractivity contribution in [1.29, 1.82) is 0 Å². The Hall–Kier alpha value is -2.86. The van der Waals surface area contributed by atoms with Gasteiger partial charge < -0.3 is 18.9 Å². The van der Waals surface area contributed by atoms with E-state index < -0.39 is 0 Å². The predicted molar refractivity (Wildman–Crippen MR) is 116 cm³/mol. The van der Waals surface area contributed by atoms with Crippen LogP contribution in [0.4, 0.5) is 4.39 Å². The Bertz CT molecular complexity index is 922. The molecule has 2 aromatic rings. The second-order valence-corrected chi connectivity index (χ2v) is 7.69. The van der Waals surface area contributed by atoms with E-state index in [0.29, 0.717) is 23.7 Å². The lowest BCUT2D eigenvalue weighted by atomic mass is 9.84. The molecule has 0 amide bonds. The van der Waals surface area contributed by atoms with Crippen LogP contribution >= 0.6 is 0 Å². The molecule has 0 radical (unpaired) electrons. The normalized spacial score (nSPS) is 21.1. The molecule has 6 heteroatoms. The van der Waals surface area contributed by atoms with Crippen molar-refractivity contribution < 1.29 is 28.1 Å². The van der Waals surface area contributed by atoms with Crippen molar-refractivity contribution >= 4 is 5.97 Å². The van der Waals surface area contributed by atoms with Crippen LogP contribution in [0.1, 0.15) is 31.1 Å². The number of allylic oxidation sites excluding steroid dienone is 1. The van der Waals surface area contributed by atoms with E-state index in [4.69, 9.17) is 18.9 Å². The van der Waals surface area contributed by atoms with E-state index in [1.807, 2.05) is 18.2 Å². The molecule has 0 N–H and O–H groups in total. The molecule has 3 rings (SSSR count). The number of carbonyl (C=O) groups is 1. The summed E-state index contributed by atoms with van der Waals surface area (Å²) in [6.07, 6.45) is 2.18. The maximum absolute atomic E-state index is 13.4. The highest BCUT2D eigenvalue weighted by molar-refractivity contribution is 5.87. The summed E-state index contributed by atoms with van der Waals surface area (Å²) in [5, 5.41) is 0. The SMILES string of the molecule is CC=C(C)C(=O)OC[C@H]1[C@@H](Cc2ccc(OC)c(OC)c2)CO[C@@H]1c1ccc(F)cc1. The van der Waals surface area contributed by atoms with Crippen LogP contribution in [0.3, 0.4) is 0 Å². The first-order chi connectivity index (χ1) is 15.0. The number of hydrogen-bond acceptors (Lipinski definition) is 5. The Labute approximate surface area is 182 Å². The van der Waals surface area contributed by atoms with Crippen molar-refractivity contribution in [1.82, 2.24) is 0 Å². The van der Waals surface area contributed by atoms with Crippen LogP contribution in [-0.2, 0) is 20.7 Å². The quantitative estimate of drug-likeness (QED) is 0.442. The van der Waals surface area contributed by atoms with E-state index in [-0.39, 0.29) is 36.3 Å².